The average Bonchev–Trinajstić information content (AvgIpc) is 2.72. The van der Waals surface area contributed by atoms with E-state index in [2.05, 4.69) is 5.32 Å². The SMILES string of the molecule is COc1ccc(CNC(=O)Cc2c(C)c3ccc(O)c(C)c3oc2=O)cc1OC. The van der Waals surface area contributed by atoms with Crippen LogP contribution in [-0.2, 0) is 17.8 Å². The Morgan fingerprint density at radius 2 is 1.79 bits per heavy atom. The molecule has 1 aromatic heterocycles. The van der Waals surface area contributed by atoms with E-state index >= 15 is 0 Å². The first-order chi connectivity index (χ1) is 13.8. The number of rotatable bonds is 6. The van der Waals surface area contributed by atoms with Crippen molar-refractivity contribution in [2.45, 2.75) is 26.8 Å². The highest BCUT2D eigenvalue weighted by molar-refractivity contribution is 5.87. The Hall–Kier alpha value is -3.48. The number of benzene rings is 2. The first-order valence-corrected chi connectivity index (χ1v) is 9.08. The number of aryl methyl sites for hydroxylation is 2. The Morgan fingerprint density at radius 3 is 2.48 bits per heavy atom. The first-order valence-electron chi connectivity index (χ1n) is 9.08. The number of carbonyl (C=O) groups excluding carboxylic acids is 1. The van der Waals surface area contributed by atoms with Gasteiger partial charge in [-0.2, -0.15) is 0 Å². The Bertz CT molecular complexity index is 1130. The van der Waals surface area contributed by atoms with Crippen molar-refractivity contribution in [3.63, 3.8) is 0 Å². The molecular formula is C22H23NO6. The number of phenols is 1. The van der Waals surface area contributed by atoms with Gasteiger partial charge in [0.1, 0.15) is 11.3 Å². The summed E-state index contributed by atoms with van der Waals surface area (Å²) >= 11 is 0. The lowest BCUT2D eigenvalue weighted by molar-refractivity contribution is -0.120. The molecule has 1 heterocycles. The molecule has 0 saturated heterocycles. The third kappa shape index (κ3) is 4.03. The zero-order valence-electron chi connectivity index (χ0n) is 16.8. The second-order valence-electron chi connectivity index (χ2n) is 6.72. The number of amides is 1. The fourth-order valence-electron chi connectivity index (χ4n) is 3.20. The fraction of sp³-hybridized carbons (Fsp3) is 0.273. The van der Waals surface area contributed by atoms with E-state index in [-0.39, 0.29) is 24.6 Å². The number of hydrogen-bond donors (Lipinski definition) is 2. The summed E-state index contributed by atoms with van der Waals surface area (Å²) in [7, 11) is 3.10. The summed E-state index contributed by atoms with van der Waals surface area (Å²) in [5, 5.41) is 13.3. The van der Waals surface area contributed by atoms with Gasteiger partial charge in [-0.05, 0) is 49.2 Å². The number of aromatic hydroxyl groups is 1. The summed E-state index contributed by atoms with van der Waals surface area (Å²) in [6, 6.07) is 8.60. The van der Waals surface area contributed by atoms with Crippen molar-refractivity contribution in [2.24, 2.45) is 0 Å². The summed E-state index contributed by atoms with van der Waals surface area (Å²) < 4.78 is 15.8. The van der Waals surface area contributed by atoms with E-state index in [4.69, 9.17) is 13.9 Å². The van der Waals surface area contributed by atoms with Gasteiger partial charge in [-0.1, -0.05) is 6.07 Å². The zero-order valence-corrected chi connectivity index (χ0v) is 16.8. The molecule has 0 radical (unpaired) electrons. The van der Waals surface area contributed by atoms with Gasteiger partial charge in [0.05, 0.1) is 26.2 Å². The number of phenolic OH excluding ortho intramolecular Hbond substituents is 1. The standard InChI is InChI=1S/C22H23NO6/c1-12-15-6-7-17(24)13(2)21(15)29-22(26)16(12)10-20(25)23-11-14-5-8-18(27-3)19(9-14)28-4/h5-9,24H,10-11H2,1-4H3,(H,23,25). The lowest BCUT2D eigenvalue weighted by Gasteiger charge is -2.12. The van der Waals surface area contributed by atoms with Gasteiger partial charge >= 0.3 is 5.63 Å². The second-order valence-corrected chi connectivity index (χ2v) is 6.72. The maximum atomic E-state index is 12.4. The molecule has 0 atom stereocenters. The molecule has 29 heavy (non-hydrogen) atoms. The van der Waals surface area contributed by atoms with Crippen molar-refractivity contribution in [1.29, 1.82) is 0 Å². The Labute approximate surface area is 167 Å². The van der Waals surface area contributed by atoms with E-state index < -0.39 is 5.63 Å². The van der Waals surface area contributed by atoms with E-state index in [9.17, 15) is 14.7 Å². The predicted octanol–water partition coefficient (Wildman–Crippen LogP) is 2.99. The van der Waals surface area contributed by atoms with Crippen molar-refractivity contribution in [3.8, 4) is 17.2 Å². The minimum absolute atomic E-state index is 0.0560. The lowest BCUT2D eigenvalue weighted by Crippen LogP contribution is -2.27. The molecule has 3 aromatic rings. The molecule has 2 aromatic carbocycles. The molecule has 152 valence electrons. The normalized spacial score (nSPS) is 10.8. The Morgan fingerprint density at radius 1 is 1.07 bits per heavy atom. The second kappa shape index (κ2) is 8.26. The molecule has 0 aliphatic carbocycles. The van der Waals surface area contributed by atoms with Gasteiger partial charge in [0.2, 0.25) is 5.91 Å². The van der Waals surface area contributed by atoms with Crippen molar-refractivity contribution in [2.75, 3.05) is 14.2 Å². The molecule has 1 amide bonds. The van der Waals surface area contributed by atoms with Crippen LogP contribution in [0, 0.1) is 13.8 Å². The summed E-state index contributed by atoms with van der Waals surface area (Å²) in [6.07, 6.45) is -0.0999. The highest BCUT2D eigenvalue weighted by Gasteiger charge is 2.17. The maximum absolute atomic E-state index is 12.4. The monoisotopic (exact) mass is 397 g/mol. The van der Waals surface area contributed by atoms with Gasteiger partial charge in [0.15, 0.2) is 11.5 Å². The fourth-order valence-corrected chi connectivity index (χ4v) is 3.20. The van der Waals surface area contributed by atoms with Gasteiger partial charge in [0.25, 0.3) is 0 Å². The van der Waals surface area contributed by atoms with Crippen molar-refractivity contribution < 1.29 is 23.8 Å². The topological polar surface area (TPSA) is 98.0 Å². The maximum Gasteiger partial charge on any atom is 0.340 e. The molecule has 0 aliphatic rings. The molecule has 2 N–H and O–H groups in total. The van der Waals surface area contributed by atoms with Crippen LogP contribution in [0.2, 0.25) is 0 Å². The van der Waals surface area contributed by atoms with Crippen LogP contribution in [0.3, 0.4) is 0 Å². The van der Waals surface area contributed by atoms with Gasteiger partial charge in [-0.3, -0.25) is 4.79 Å². The quantitative estimate of drug-likeness (QED) is 0.621. The largest absolute Gasteiger partial charge is 0.508 e. The number of hydrogen-bond acceptors (Lipinski definition) is 6. The molecule has 0 unspecified atom stereocenters. The van der Waals surface area contributed by atoms with Crippen molar-refractivity contribution in [1.82, 2.24) is 5.32 Å². The van der Waals surface area contributed by atoms with E-state index in [0.717, 1.165) is 5.56 Å². The van der Waals surface area contributed by atoms with Crippen LogP contribution in [0.25, 0.3) is 11.0 Å². The predicted molar refractivity (Wildman–Crippen MR) is 109 cm³/mol. The molecule has 0 fully saturated rings. The van der Waals surface area contributed by atoms with Crippen LogP contribution >= 0.6 is 0 Å². The van der Waals surface area contributed by atoms with E-state index in [1.165, 1.54) is 0 Å². The van der Waals surface area contributed by atoms with Crippen molar-refractivity contribution >= 4 is 16.9 Å². The van der Waals surface area contributed by atoms with Gasteiger partial charge in [0, 0.05) is 17.5 Å². The molecule has 7 nitrogen and oxygen atoms in total. The Balaban J connectivity index is 1.78. The van der Waals surface area contributed by atoms with Crippen LogP contribution < -0.4 is 20.4 Å². The highest BCUT2D eigenvalue weighted by atomic mass is 16.5. The zero-order chi connectivity index (χ0) is 21.1. The smallest absolute Gasteiger partial charge is 0.340 e. The summed E-state index contributed by atoms with van der Waals surface area (Å²) in [5.41, 5.74) is 2.05. The molecule has 0 bridgehead atoms. The molecule has 0 spiro atoms. The third-order valence-electron chi connectivity index (χ3n) is 4.95. The molecule has 3 rings (SSSR count). The van der Waals surface area contributed by atoms with Crippen LogP contribution in [0.15, 0.2) is 39.5 Å². The van der Waals surface area contributed by atoms with Gasteiger partial charge in [-0.15, -0.1) is 0 Å². The van der Waals surface area contributed by atoms with Crippen molar-refractivity contribution in [3.05, 3.63) is 63.0 Å². The minimum atomic E-state index is -0.579. The Kier molecular flexibility index (Phi) is 5.77. The minimum Gasteiger partial charge on any atom is -0.508 e. The average molecular weight is 397 g/mol. The van der Waals surface area contributed by atoms with E-state index in [1.54, 1.807) is 52.3 Å². The first kappa shape index (κ1) is 20.3. The van der Waals surface area contributed by atoms with Crippen LogP contribution in [0.4, 0.5) is 0 Å². The van der Waals surface area contributed by atoms with Gasteiger partial charge in [-0.25, -0.2) is 4.79 Å². The van der Waals surface area contributed by atoms with Crippen LogP contribution in [0.5, 0.6) is 17.2 Å². The molecule has 0 aliphatic heterocycles. The number of methoxy groups -OCH3 is 2. The van der Waals surface area contributed by atoms with E-state index in [1.807, 2.05) is 6.07 Å². The van der Waals surface area contributed by atoms with E-state index in [0.29, 0.717) is 39.2 Å². The summed E-state index contributed by atoms with van der Waals surface area (Å²) in [4.78, 5) is 24.9. The lowest BCUT2D eigenvalue weighted by atomic mass is 10.0. The van der Waals surface area contributed by atoms with Crippen LogP contribution in [-0.4, -0.2) is 25.2 Å². The number of ether oxygens (including phenoxy) is 2. The van der Waals surface area contributed by atoms with Gasteiger partial charge < -0.3 is 24.3 Å². The molecule has 0 saturated carbocycles. The number of carbonyl (C=O) groups is 1. The van der Waals surface area contributed by atoms with Crippen LogP contribution in [0.1, 0.15) is 22.3 Å². The summed E-state index contributed by atoms with van der Waals surface area (Å²) in [5.74, 6) is 0.933. The number of nitrogens with one attached hydrogen (secondary N) is 1. The molecule has 7 heteroatoms. The molecular weight excluding hydrogens is 374 g/mol. The number of fused-ring (bicyclic) bond motifs is 1. The third-order valence-corrected chi connectivity index (χ3v) is 4.95. The summed E-state index contributed by atoms with van der Waals surface area (Å²) in [6.45, 7) is 3.73. The highest BCUT2D eigenvalue weighted by Crippen LogP contribution is 2.29.